The molecule has 2 aromatic rings. The molecule has 0 N–H and O–H groups in total. The number of ketones is 1. The van der Waals surface area contributed by atoms with Gasteiger partial charge in [-0.1, -0.05) is 39.0 Å². The van der Waals surface area contributed by atoms with E-state index in [0.29, 0.717) is 6.42 Å². The lowest BCUT2D eigenvalue weighted by atomic mass is 9.95. The molecule has 0 saturated carbocycles. The number of benzene rings is 1. The predicted molar refractivity (Wildman–Crippen MR) is 81.9 cm³/mol. The number of hydrogen-bond acceptors (Lipinski definition) is 3. The zero-order chi connectivity index (χ0) is 14.3. The van der Waals surface area contributed by atoms with Crippen LogP contribution in [0.2, 0.25) is 0 Å². The molecule has 1 unspecified atom stereocenters. The van der Waals surface area contributed by atoms with Crippen LogP contribution in [0, 0.1) is 0 Å². The zero-order valence-electron chi connectivity index (χ0n) is 12.0. The summed E-state index contributed by atoms with van der Waals surface area (Å²) < 4.78 is 5.78. The van der Waals surface area contributed by atoms with Gasteiger partial charge in [-0.25, -0.2) is 0 Å². The fourth-order valence-electron chi connectivity index (χ4n) is 2.36. The second kappa shape index (κ2) is 4.74. The molecule has 0 saturated heterocycles. The van der Waals surface area contributed by atoms with Gasteiger partial charge >= 0.3 is 0 Å². The molecule has 104 valence electrons. The van der Waals surface area contributed by atoms with E-state index in [1.807, 2.05) is 30.3 Å². The summed E-state index contributed by atoms with van der Waals surface area (Å²) in [7, 11) is 0. The van der Waals surface area contributed by atoms with Crippen molar-refractivity contribution in [1.29, 1.82) is 0 Å². The Labute approximate surface area is 123 Å². The number of carbonyl (C=O) groups is 1. The van der Waals surface area contributed by atoms with Crippen molar-refractivity contribution >= 4 is 17.1 Å². The summed E-state index contributed by atoms with van der Waals surface area (Å²) in [5.74, 6) is 0.945. The smallest absolute Gasteiger partial charge is 0.213 e. The van der Waals surface area contributed by atoms with Gasteiger partial charge in [0, 0.05) is 11.3 Å². The van der Waals surface area contributed by atoms with Gasteiger partial charge in [-0.3, -0.25) is 4.79 Å². The molecular weight excluding hydrogens is 268 g/mol. The van der Waals surface area contributed by atoms with Crippen LogP contribution < -0.4 is 4.74 Å². The highest BCUT2D eigenvalue weighted by atomic mass is 32.1. The van der Waals surface area contributed by atoms with Crippen LogP contribution in [0.1, 0.15) is 40.9 Å². The quantitative estimate of drug-likeness (QED) is 0.772. The first-order valence-corrected chi connectivity index (χ1v) is 7.66. The highest BCUT2D eigenvalue weighted by Gasteiger charge is 2.31. The van der Waals surface area contributed by atoms with Crippen LogP contribution in [0.15, 0.2) is 36.4 Å². The molecule has 1 atom stereocenters. The zero-order valence-corrected chi connectivity index (χ0v) is 12.8. The first-order valence-electron chi connectivity index (χ1n) is 6.84. The van der Waals surface area contributed by atoms with E-state index in [4.69, 9.17) is 4.74 Å². The summed E-state index contributed by atoms with van der Waals surface area (Å²) >= 11 is 1.58. The fraction of sp³-hybridized carbons (Fsp3) is 0.353. The summed E-state index contributed by atoms with van der Waals surface area (Å²) in [6, 6.07) is 11.9. The molecule has 0 aliphatic carbocycles. The Morgan fingerprint density at radius 1 is 1.20 bits per heavy atom. The van der Waals surface area contributed by atoms with Crippen LogP contribution in [0.25, 0.3) is 0 Å². The van der Waals surface area contributed by atoms with Gasteiger partial charge in [0.2, 0.25) is 5.78 Å². The number of carbonyl (C=O) groups excluding carboxylic acids is 1. The maximum Gasteiger partial charge on any atom is 0.213 e. The molecule has 1 aromatic heterocycles. The lowest BCUT2D eigenvalue weighted by molar-refractivity contribution is 0.0829. The Morgan fingerprint density at radius 3 is 2.60 bits per heavy atom. The van der Waals surface area contributed by atoms with Crippen molar-refractivity contribution in [3.05, 3.63) is 51.7 Å². The fourth-order valence-corrected chi connectivity index (χ4v) is 3.41. The first kappa shape index (κ1) is 13.4. The summed E-state index contributed by atoms with van der Waals surface area (Å²) in [6.07, 6.45) is 0.316. The number of ether oxygens (including phenoxy) is 1. The van der Waals surface area contributed by atoms with Crippen LogP contribution in [0.4, 0.5) is 0 Å². The highest BCUT2D eigenvalue weighted by molar-refractivity contribution is 7.14. The van der Waals surface area contributed by atoms with Gasteiger partial charge in [0.05, 0.1) is 4.88 Å². The lowest BCUT2D eigenvalue weighted by Gasteiger charge is -2.15. The first-order chi connectivity index (χ1) is 9.45. The number of hydrogen-bond donors (Lipinski definition) is 0. The largest absolute Gasteiger partial charge is 0.482 e. The van der Waals surface area contributed by atoms with Crippen molar-refractivity contribution in [2.45, 2.75) is 38.7 Å². The lowest BCUT2D eigenvalue weighted by Crippen LogP contribution is -2.24. The van der Waals surface area contributed by atoms with E-state index in [1.165, 1.54) is 4.88 Å². The number of Topliss-reactive ketones (excluding diaryl/α,β-unsaturated/α-hetero) is 1. The molecule has 1 aliphatic heterocycles. The minimum atomic E-state index is -0.362. The topological polar surface area (TPSA) is 26.3 Å². The second-order valence-electron chi connectivity index (χ2n) is 6.20. The molecule has 0 fully saturated rings. The van der Waals surface area contributed by atoms with Crippen LogP contribution in [-0.2, 0) is 11.8 Å². The number of rotatable bonds is 2. The minimum absolute atomic E-state index is 0.0860. The van der Waals surface area contributed by atoms with Crippen molar-refractivity contribution in [2.24, 2.45) is 0 Å². The molecule has 1 aliphatic rings. The van der Waals surface area contributed by atoms with E-state index in [1.54, 1.807) is 11.3 Å². The normalized spacial score (nSPS) is 17.6. The third-order valence-electron chi connectivity index (χ3n) is 3.53. The molecule has 0 bridgehead atoms. The summed E-state index contributed by atoms with van der Waals surface area (Å²) in [6.45, 7) is 6.49. The van der Waals surface area contributed by atoms with E-state index < -0.39 is 0 Å². The minimum Gasteiger partial charge on any atom is -0.482 e. The molecule has 1 aromatic carbocycles. The Hall–Kier alpha value is -1.61. The Bertz CT molecular complexity index is 624. The van der Waals surface area contributed by atoms with Gasteiger partial charge in [-0.05, 0) is 29.2 Å². The maximum atomic E-state index is 12.5. The van der Waals surface area contributed by atoms with E-state index in [9.17, 15) is 4.79 Å². The number of para-hydroxylation sites is 1. The molecule has 20 heavy (non-hydrogen) atoms. The molecule has 0 amide bonds. The molecule has 0 radical (unpaired) electrons. The molecule has 0 spiro atoms. The number of thiophene rings is 1. The Kier molecular flexibility index (Phi) is 3.17. The third kappa shape index (κ3) is 2.38. The van der Waals surface area contributed by atoms with E-state index in [-0.39, 0.29) is 17.3 Å². The van der Waals surface area contributed by atoms with Crippen molar-refractivity contribution in [3.8, 4) is 5.75 Å². The average Bonchev–Trinajstić information content (AvgIpc) is 3.04. The van der Waals surface area contributed by atoms with Gasteiger partial charge in [0.1, 0.15) is 5.75 Å². The van der Waals surface area contributed by atoms with Crippen molar-refractivity contribution in [1.82, 2.24) is 0 Å². The standard InChI is InChI=1S/C17H18O2S/c1-17(2,3)15-9-8-14(20-15)16(18)13-10-11-6-4-5-7-12(11)19-13/h4-9,13H,10H2,1-3H3. The van der Waals surface area contributed by atoms with Crippen molar-refractivity contribution in [3.63, 3.8) is 0 Å². The Balaban J connectivity index is 1.80. The molecule has 3 rings (SSSR count). The maximum absolute atomic E-state index is 12.5. The highest BCUT2D eigenvalue weighted by Crippen LogP contribution is 2.33. The molecule has 2 heterocycles. The summed E-state index contributed by atoms with van der Waals surface area (Å²) in [5.41, 5.74) is 1.21. The van der Waals surface area contributed by atoms with Crippen LogP contribution >= 0.6 is 11.3 Å². The molecular formula is C17H18O2S. The van der Waals surface area contributed by atoms with Crippen molar-refractivity contribution < 1.29 is 9.53 Å². The van der Waals surface area contributed by atoms with E-state index in [2.05, 4.69) is 26.8 Å². The second-order valence-corrected chi connectivity index (χ2v) is 7.28. The molecule has 2 nitrogen and oxygen atoms in total. The van der Waals surface area contributed by atoms with Crippen LogP contribution in [0.3, 0.4) is 0 Å². The Morgan fingerprint density at radius 2 is 1.95 bits per heavy atom. The van der Waals surface area contributed by atoms with Gasteiger partial charge in [0.25, 0.3) is 0 Å². The van der Waals surface area contributed by atoms with Gasteiger partial charge in [-0.2, -0.15) is 0 Å². The van der Waals surface area contributed by atoms with Crippen LogP contribution in [-0.4, -0.2) is 11.9 Å². The monoisotopic (exact) mass is 286 g/mol. The van der Waals surface area contributed by atoms with Gasteiger partial charge in [0.15, 0.2) is 6.10 Å². The predicted octanol–water partition coefficient (Wildman–Crippen LogP) is 4.23. The van der Waals surface area contributed by atoms with Crippen LogP contribution in [0.5, 0.6) is 5.75 Å². The van der Waals surface area contributed by atoms with E-state index in [0.717, 1.165) is 16.2 Å². The van der Waals surface area contributed by atoms with Gasteiger partial charge < -0.3 is 4.74 Å². The van der Waals surface area contributed by atoms with E-state index >= 15 is 0 Å². The summed E-state index contributed by atoms with van der Waals surface area (Å²) in [4.78, 5) is 14.6. The third-order valence-corrected chi connectivity index (χ3v) is 5.05. The van der Waals surface area contributed by atoms with Gasteiger partial charge in [-0.15, -0.1) is 11.3 Å². The number of fused-ring (bicyclic) bond motifs is 1. The molecule has 3 heteroatoms. The average molecular weight is 286 g/mol. The summed E-state index contributed by atoms with van der Waals surface area (Å²) in [5, 5.41) is 0. The van der Waals surface area contributed by atoms with Crippen molar-refractivity contribution in [2.75, 3.05) is 0 Å². The SMILES string of the molecule is CC(C)(C)c1ccc(C(=O)C2Cc3ccccc3O2)s1.